The summed E-state index contributed by atoms with van der Waals surface area (Å²) in [5, 5.41) is 0. The average Bonchev–Trinajstić information content (AvgIpc) is 3.34. The van der Waals surface area contributed by atoms with Crippen molar-refractivity contribution in [2.45, 2.75) is 316 Å². The molecule has 68 heavy (non-hydrogen) atoms. The minimum atomic E-state index is -0.777. The first kappa shape index (κ1) is 65.4. The predicted molar refractivity (Wildman–Crippen MR) is 293 cm³/mol. The third-order valence-electron chi connectivity index (χ3n) is 13.1. The minimum Gasteiger partial charge on any atom is -0.462 e. The quantitative estimate of drug-likeness (QED) is 0.0262. The van der Waals surface area contributed by atoms with Gasteiger partial charge in [-0.15, -0.1) is 0 Å². The normalized spacial score (nSPS) is 12.3. The Labute approximate surface area is 422 Å². The van der Waals surface area contributed by atoms with E-state index in [1.165, 1.54) is 186 Å². The van der Waals surface area contributed by atoms with Crippen LogP contribution in [0.15, 0.2) is 48.6 Å². The van der Waals surface area contributed by atoms with E-state index in [9.17, 15) is 14.4 Å². The molecule has 0 amide bonds. The van der Waals surface area contributed by atoms with Crippen LogP contribution in [0.3, 0.4) is 0 Å². The molecular weight excluding hydrogens is 841 g/mol. The van der Waals surface area contributed by atoms with E-state index in [-0.39, 0.29) is 31.1 Å². The molecule has 6 heteroatoms. The Balaban J connectivity index is 4.29. The number of ether oxygens (including phenoxy) is 3. The molecular formula is C62H112O6. The summed E-state index contributed by atoms with van der Waals surface area (Å²) in [4.78, 5) is 38.1. The molecule has 0 saturated heterocycles. The summed E-state index contributed by atoms with van der Waals surface area (Å²) in [5.74, 6) is -0.878. The first-order chi connectivity index (χ1) is 33.5. The van der Waals surface area contributed by atoms with Gasteiger partial charge in [-0.1, -0.05) is 262 Å². The zero-order valence-electron chi connectivity index (χ0n) is 45.4. The van der Waals surface area contributed by atoms with Crippen LogP contribution < -0.4 is 0 Å². The zero-order valence-corrected chi connectivity index (χ0v) is 45.4. The van der Waals surface area contributed by atoms with Crippen molar-refractivity contribution in [3.8, 4) is 0 Å². The molecule has 0 fully saturated rings. The van der Waals surface area contributed by atoms with Crippen molar-refractivity contribution in [3.63, 3.8) is 0 Å². The highest BCUT2D eigenvalue weighted by atomic mass is 16.6. The molecule has 0 aliphatic rings. The summed E-state index contributed by atoms with van der Waals surface area (Å²) < 4.78 is 16.9. The second kappa shape index (κ2) is 57.0. The molecule has 0 bridgehead atoms. The molecule has 6 nitrogen and oxygen atoms in total. The fourth-order valence-corrected chi connectivity index (χ4v) is 8.55. The summed E-state index contributed by atoms with van der Waals surface area (Å²) in [6.45, 7) is 6.61. The lowest BCUT2D eigenvalue weighted by Crippen LogP contribution is -2.30. The molecule has 0 aliphatic carbocycles. The summed E-state index contributed by atoms with van der Waals surface area (Å²) in [5.41, 5.74) is 0. The number of hydrogen-bond acceptors (Lipinski definition) is 6. The number of rotatable bonds is 54. The van der Waals surface area contributed by atoms with Gasteiger partial charge in [-0.3, -0.25) is 14.4 Å². The molecule has 396 valence electrons. The smallest absolute Gasteiger partial charge is 0.306 e. The maximum Gasteiger partial charge on any atom is 0.306 e. The summed E-state index contributed by atoms with van der Waals surface area (Å²) >= 11 is 0. The van der Waals surface area contributed by atoms with Crippen LogP contribution in [0.2, 0.25) is 0 Å². The van der Waals surface area contributed by atoms with Crippen molar-refractivity contribution in [1.29, 1.82) is 0 Å². The van der Waals surface area contributed by atoms with Crippen LogP contribution in [0.4, 0.5) is 0 Å². The Bertz CT molecular complexity index is 1190. The molecule has 1 unspecified atom stereocenters. The summed E-state index contributed by atoms with van der Waals surface area (Å²) in [6, 6.07) is 0. The molecule has 0 spiro atoms. The number of carbonyl (C=O) groups is 3. The Morgan fingerprint density at radius 2 is 0.544 bits per heavy atom. The number of hydrogen-bond donors (Lipinski definition) is 0. The Kier molecular flexibility index (Phi) is 54.8. The molecule has 0 aromatic carbocycles. The van der Waals surface area contributed by atoms with Crippen LogP contribution in [0, 0.1) is 0 Å². The summed E-state index contributed by atoms with van der Waals surface area (Å²) in [7, 11) is 0. The lowest BCUT2D eigenvalue weighted by atomic mass is 10.0. The van der Waals surface area contributed by atoms with Gasteiger partial charge in [0.25, 0.3) is 0 Å². The van der Waals surface area contributed by atoms with E-state index in [0.717, 1.165) is 83.5 Å². The maximum absolute atomic E-state index is 12.8. The van der Waals surface area contributed by atoms with E-state index in [2.05, 4.69) is 69.4 Å². The lowest BCUT2D eigenvalue weighted by Gasteiger charge is -2.18. The van der Waals surface area contributed by atoms with Gasteiger partial charge in [0.05, 0.1) is 0 Å². The van der Waals surface area contributed by atoms with Crippen LogP contribution >= 0.6 is 0 Å². The molecule has 0 radical (unpaired) electrons. The van der Waals surface area contributed by atoms with Crippen molar-refractivity contribution in [1.82, 2.24) is 0 Å². The van der Waals surface area contributed by atoms with E-state index < -0.39 is 6.10 Å². The van der Waals surface area contributed by atoms with E-state index in [0.29, 0.717) is 19.3 Å². The van der Waals surface area contributed by atoms with Gasteiger partial charge in [-0.05, 0) is 77.0 Å². The molecule has 0 saturated carbocycles. The van der Waals surface area contributed by atoms with Crippen molar-refractivity contribution in [3.05, 3.63) is 48.6 Å². The number of unbranched alkanes of at least 4 members (excludes halogenated alkanes) is 35. The van der Waals surface area contributed by atoms with Gasteiger partial charge in [-0.2, -0.15) is 0 Å². The molecule has 0 aromatic rings. The van der Waals surface area contributed by atoms with E-state index >= 15 is 0 Å². The maximum atomic E-state index is 12.8. The van der Waals surface area contributed by atoms with Gasteiger partial charge in [0.1, 0.15) is 13.2 Å². The van der Waals surface area contributed by atoms with Gasteiger partial charge in [0.15, 0.2) is 6.10 Å². The first-order valence-electron chi connectivity index (χ1n) is 29.6. The van der Waals surface area contributed by atoms with Gasteiger partial charge < -0.3 is 14.2 Å². The molecule has 0 aromatic heterocycles. The summed E-state index contributed by atoms with van der Waals surface area (Å²) in [6.07, 6.45) is 69.6. The Morgan fingerprint density at radius 1 is 0.294 bits per heavy atom. The van der Waals surface area contributed by atoms with Gasteiger partial charge in [-0.25, -0.2) is 0 Å². The largest absolute Gasteiger partial charge is 0.462 e. The molecule has 0 N–H and O–H groups in total. The van der Waals surface area contributed by atoms with E-state index in [1.54, 1.807) is 0 Å². The van der Waals surface area contributed by atoms with Gasteiger partial charge in [0, 0.05) is 19.3 Å². The molecule has 0 aliphatic heterocycles. The van der Waals surface area contributed by atoms with Crippen LogP contribution in [0.1, 0.15) is 310 Å². The van der Waals surface area contributed by atoms with Crippen molar-refractivity contribution < 1.29 is 28.6 Å². The van der Waals surface area contributed by atoms with Crippen LogP contribution in [-0.2, 0) is 28.6 Å². The predicted octanol–water partition coefficient (Wildman–Crippen LogP) is 19.8. The van der Waals surface area contributed by atoms with E-state index in [4.69, 9.17) is 14.2 Å². The zero-order chi connectivity index (χ0) is 49.3. The molecule has 0 rings (SSSR count). The Morgan fingerprint density at radius 3 is 0.882 bits per heavy atom. The highest BCUT2D eigenvalue weighted by molar-refractivity contribution is 5.71. The lowest BCUT2D eigenvalue weighted by molar-refractivity contribution is -0.167. The first-order valence-corrected chi connectivity index (χ1v) is 29.6. The molecule has 0 heterocycles. The van der Waals surface area contributed by atoms with Gasteiger partial charge in [0.2, 0.25) is 0 Å². The third-order valence-corrected chi connectivity index (χ3v) is 13.1. The second-order valence-electron chi connectivity index (χ2n) is 19.9. The van der Waals surface area contributed by atoms with Crippen molar-refractivity contribution in [2.24, 2.45) is 0 Å². The van der Waals surface area contributed by atoms with Crippen LogP contribution in [0.25, 0.3) is 0 Å². The second-order valence-corrected chi connectivity index (χ2v) is 19.9. The average molecular weight is 954 g/mol. The van der Waals surface area contributed by atoms with Gasteiger partial charge >= 0.3 is 17.9 Å². The topological polar surface area (TPSA) is 78.9 Å². The molecule has 1 atom stereocenters. The number of carbonyl (C=O) groups excluding carboxylic acids is 3. The Hall–Kier alpha value is -2.63. The van der Waals surface area contributed by atoms with Crippen LogP contribution in [0.5, 0.6) is 0 Å². The number of esters is 3. The van der Waals surface area contributed by atoms with E-state index in [1.807, 2.05) is 0 Å². The fourth-order valence-electron chi connectivity index (χ4n) is 8.55. The van der Waals surface area contributed by atoms with Crippen LogP contribution in [-0.4, -0.2) is 37.2 Å². The monoisotopic (exact) mass is 953 g/mol. The van der Waals surface area contributed by atoms with Crippen molar-refractivity contribution in [2.75, 3.05) is 13.2 Å². The highest BCUT2D eigenvalue weighted by Gasteiger charge is 2.19. The fraction of sp³-hybridized carbons (Fsp3) is 0.823. The highest BCUT2D eigenvalue weighted by Crippen LogP contribution is 2.16. The van der Waals surface area contributed by atoms with Crippen molar-refractivity contribution >= 4 is 17.9 Å². The third kappa shape index (κ3) is 54.3. The standard InChI is InChI=1S/C62H112O6/c1-4-7-10-13-16-19-22-24-26-28-29-30-31-32-33-34-36-37-40-43-46-49-52-55-61(64)67-58-59(57-66-60(63)54-51-48-45-42-39-21-18-15-12-9-6-3)68-62(65)56-53-50-47-44-41-38-35-27-25-23-20-17-14-11-8-5-2/h15,18,22,24,28-29,31-32,59H,4-14,16-17,19-21,23,25-27,30,33-58H2,1-3H3/b18-15-,24-22-,29-28-,32-31-. The SMILES string of the molecule is CCCC/C=C\CCCCCCCC(=O)OCC(COC(=O)CCCCCCCCCC/C=C\C/C=C\C/C=C\CCCCCCC)OC(=O)CCCCCCCCCCCCCCCCCC. The minimum absolute atomic E-state index is 0.0768. The number of allylic oxidation sites excluding steroid dienone is 8.